The number of sulfonamides is 1. The van der Waals surface area contributed by atoms with Gasteiger partial charge in [0.15, 0.2) is 0 Å². The smallest absolute Gasteiger partial charge is 0.323 e. The van der Waals surface area contributed by atoms with Gasteiger partial charge in [-0.2, -0.15) is 13.2 Å². The molecular weight excluding hydrogens is 447 g/mol. The van der Waals surface area contributed by atoms with Gasteiger partial charge in [0.2, 0.25) is 21.8 Å². The van der Waals surface area contributed by atoms with Gasteiger partial charge in [-0.3, -0.25) is 18.8 Å². The Bertz CT molecular complexity index is 1120. The number of rotatable bonds is 4. The number of amides is 2. The fourth-order valence-corrected chi connectivity index (χ4v) is 4.05. The van der Waals surface area contributed by atoms with Crippen molar-refractivity contribution in [3.05, 3.63) is 53.1 Å². The van der Waals surface area contributed by atoms with Gasteiger partial charge in [0.05, 0.1) is 33.9 Å². The van der Waals surface area contributed by atoms with E-state index in [0.717, 1.165) is 17.2 Å². The monoisotopic (exact) mass is 461 g/mol. The number of anilines is 3. The highest BCUT2D eigenvalue weighted by Gasteiger charge is 2.34. The number of benzene rings is 2. The number of nitrogens with one attached hydrogen (secondary N) is 1. The maximum Gasteiger partial charge on any atom is 0.416 e. The van der Waals surface area contributed by atoms with Gasteiger partial charge >= 0.3 is 6.18 Å². The van der Waals surface area contributed by atoms with Gasteiger partial charge in [-0.05, 0) is 30.3 Å². The van der Waals surface area contributed by atoms with Crippen LogP contribution in [-0.2, 0) is 25.8 Å². The second-order valence-electron chi connectivity index (χ2n) is 6.48. The molecule has 1 aliphatic rings. The molecule has 0 atom stereocenters. The molecule has 1 aliphatic heterocycles. The fraction of sp³-hybridized carbons (Fsp3) is 0.222. The molecule has 0 unspecified atom stereocenters. The quantitative estimate of drug-likeness (QED) is 0.758. The summed E-state index contributed by atoms with van der Waals surface area (Å²) in [4.78, 5) is 25.9. The Labute approximate surface area is 175 Å². The van der Waals surface area contributed by atoms with Gasteiger partial charge in [0.1, 0.15) is 13.1 Å². The summed E-state index contributed by atoms with van der Waals surface area (Å²) in [6, 6.07) is 8.55. The molecule has 2 aromatic carbocycles. The van der Waals surface area contributed by atoms with Crippen molar-refractivity contribution in [3.63, 3.8) is 0 Å². The first-order valence-corrected chi connectivity index (χ1v) is 10.6. The van der Waals surface area contributed by atoms with E-state index < -0.39 is 45.8 Å². The van der Waals surface area contributed by atoms with E-state index >= 15 is 0 Å². The van der Waals surface area contributed by atoms with Crippen molar-refractivity contribution < 1.29 is 31.2 Å². The van der Waals surface area contributed by atoms with Gasteiger partial charge < -0.3 is 5.32 Å². The maximum atomic E-state index is 13.1. The summed E-state index contributed by atoms with van der Waals surface area (Å²) < 4.78 is 64.4. The van der Waals surface area contributed by atoms with Crippen molar-refractivity contribution in [1.82, 2.24) is 0 Å². The lowest BCUT2D eigenvalue weighted by Gasteiger charge is -2.31. The molecule has 7 nitrogen and oxygen atoms in total. The van der Waals surface area contributed by atoms with Crippen LogP contribution < -0.4 is 14.5 Å². The number of nitrogens with zero attached hydrogens (tertiary/aromatic N) is 2. The molecule has 0 bridgehead atoms. The Kier molecular flexibility index (Phi) is 5.70. The Hall–Kier alpha value is -2.79. The van der Waals surface area contributed by atoms with Crippen LogP contribution in [0.2, 0.25) is 5.02 Å². The summed E-state index contributed by atoms with van der Waals surface area (Å²) in [5.74, 6) is -1.30. The third-order valence-electron chi connectivity index (χ3n) is 4.29. The lowest BCUT2D eigenvalue weighted by molar-refractivity contribution is -0.137. The summed E-state index contributed by atoms with van der Waals surface area (Å²) in [5, 5.41) is 2.30. The van der Waals surface area contributed by atoms with Crippen molar-refractivity contribution >= 4 is 50.5 Å². The Morgan fingerprint density at radius 3 is 2.53 bits per heavy atom. The number of fused-ring (bicyclic) bond motifs is 1. The summed E-state index contributed by atoms with van der Waals surface area (Å²) in [7, 11) is -4.19. The first-order valence-electron chi connectivity index (χ1n) is 8.41. The van der Waals surface area contributed by atoms with Crippen molar-refractivity contribution in [1.29, 1.82) is 0 Å². The van der Waals surface area contributed by atoms with E-state index in [1.165, 1.54) is 0 Å². The van der Waals surface area contributed by atoms with E-state index in [2.05, 4.69) is 5.32 Å². The van der Waals surface area contributed by atoms with Crippen LogP contribution in [0, 0.1) is 0 Å². The number of halogens is 4. The number of carbonyl (C=O) groups excluding carboxylic acids is 2. The van der Waals surface area contributed by atoms with Gasteiger partial charge in [-0.25, -0.2) is 8.42 Å². The van der Waals surface area contributed by atoms with E-state index in [4.69, 9.17) is 11.6 Å². The average Bonchev–Trinajstić information content (AvgIpc) is 2.64. The van der Waals surface area contributed by atoms with Gasteiger partial charge in [0.25, 0.3) is 0 Å². The van der Waals surface area contributed by atoms with E-state index in [9.17, 15) is 31.2 Å². The van der Waals surface area contributed by atoms with Crippen LogP contribution in [0.4, 0.5) is 30.2 Å². The zero-order chi connectivity index (χ0) is 22.3. The van der Waals surface area contributed by atoms with E-state index in [-0.39, 0.29) is 11.6 Å². The molecule has 0 fully saturated rings. The van der Waals surface area contributed by atoms with Crippen LogP contribution in [0.25, 0.3) is 0 Å². The van der Waals surface area contributed by atoms with Crippen LogP contribution in [0.15, 0.2) is 42.5 Å². The first kappa shape index (κ1) is 21.9. The third kappa shape index (κ3) is 4.51. The largest absolute Gasteiger partial charge is 0.416 e. The highest BCUT2D eigenvalue weighted by atomic mass is 35.5. The molecule has 160 valence electrons. The van der Waals surface area contributed by atoms with Crippen molar-refractivity contribution in [3.8, 4) is 0 Å². The van der Waals surface area contributed by atoms with Crippen LogP contribution in [0.3, 0.4) is 0 Å². The van der Waals surface area contributed by atoms with Crippen LogP contribution in [0.5, 0.6) is 0 Å². The predicted octanol–water partition coefficient (Wildman–Crippen LogP) is 3.11. The second-order valence-corrected chi connectivity index (χ2v) is 8.79. The highest BCUT2D eigenvalue weighted by Crippen LogP contribution is 2.36. The summed E-state index contributed by atoms with van der Waals surface area (Å²) >= 11 is 5.96. The lowest BCUT2D eigenvalue weighted by Crippen LogP contribution is -2.47. The molecule has 0 spiro atoms. The summed E-state index contributed by atoms with van der Waals surface area (Å²) in [6.07, 6.45) is -4.00. The molecule has 0 radical (unpaired) electrons. The Morgan fingerprint density at radius 1 is 1.23 bits per heavy atom. The zero-order valence-electron chi connectivity index (χ0n) is 15.4. The molecule has 3 rings (SSSR count). The minimum Gasteiger partial charge on any atom is -0.323 e. The topological polar surface area (TPSA) is 86.8 Å². The predicted molar refractivity (Wildman–Crippen MR) is 106 cm³/mol. The summed E-state index contributed by atoms with van der Waals surface area (Å²) in [6.45, 7) is -1.22. The second kappa shape index (κ2) is 7.80. The molecule has 30 heavy (non-hydrogen) atoms. The van der Waals surface area contributed by atoms with Gasteiger partial charge in [-0.1, -0.05) is 23.7 Å². The third-order valence-corrected chi connectivity index (χ3v) is 5.74. The van der Waals surface area contributed by atoms with Crippen LogP contribution in [0.1, 0.15) is 5.56 Å². The number of carbonyl (C=O) groups is 2. The number of para-hydroxylation sites is 2. The molecule has 2 amide bonds. The molecule has 12 heteroatoms. The van der Waals surface area contributed by atoms with Crippen LogP contribution >= 0.6 is 11.6 Å². The standard InChI is InChI=1S/C18H15ClF3N3O4S/c1-30(28,29)25(15-8-11(18(20,21)22)6-7-12(15)19)10-17(27)24-9-16(26)23-13-4-2-3-5-14(13)24/h2-8H,9-10H2,1H3,(H,23,26). The SMILES string of the molecule is CS(=O)(=O)N(CC(=O)N1CC(=O)Nc2ccccc21)c1cc(C(F)(F)F)ccc1Cl. The Balaban J connectivity index is 2.00. The average molecular weight is 462 g/mol. The zero-order valence-corrected chi connectivity index (χ0v) is 17.0. The van der Waals surface area contributed by atoms with Crippen molar-refractivity contribution in [2.24, 2.45) is 0 Å². The molecule has 0 aromatic heterocycles. The highest BCUT2D eigenvalue weighted by molar-refractivity contribution is 7.92. The Morgan fingerprint density at radius 2 is 1.90 bits per heavy atom. The number of hydrogen-bond acceptors (Lipinski definition) is 4. The minimum atomic E-state index is -4.74. The number of hydrogen-bond donors (Lipinski definition) is 1. The van der Waals surface area contributed by atoms with Crippen molar-refractivity contribution in [2.75, 3.05) is 33.9 Å². The first-order chi connectivity index (χ1) is 13.9. The molecule has 1 heterocycles. The molecule has 0 saturated heterocycles. The molecular formula is C18H15ClF3N3O4S. The normalized spacial score (nSPS) is 14.2. The van der Waals surface area contributed by atoms with Crippen LogP contribution in [-0.4, -0.2) is 39.6 Å². The van der Waals surface area contributed by atoms with Gasteiger partial charge in [0, 0.05) is 0 Å². The van der Waals surface area contributed by atoms with E-state index in [1.807, 2.05) is 0 Å². The molecule has 0 saturated carbocycles. The van der Waals surface area contributed by atoms with Gasteiger partial charge in [-0.15, -0.1) is 0 Å². The fourth-order valence-electron chi connectivity index (χ4n) is 2.93. The molecule has 2 aromatic rings. The lowest BCUT2D eigenvalue weighted by atomic mass is 10.2. The number of alkyl halides is 3. The summed E-state index contributed by atoms with van der Waals surface area (Å²) in [5.41, 5.74) is -0.918. The molecule has 0 aliphatic carbocycles. The minimum absolute atomic E-state index is 0.280. The maximum absolute atomic E-state index is 13.1. The molecule has 1 N–H and O–H groups in total. The van der Waals surface area contributed by atoms with E-state index in [1.54, 1.807) is 24.3 Å². The van der Waals surface area contributed by atoms with E-state index in [0.29, 0.717) is 27.8 Å². The van der Waals surface area contributed by atoms with Crippen molar-refractivity contribution in [2.45, 2.75) is 6.18 Å².